The van der Waals surface area contributed by atoms with Gasteiger partial charge in [0.1, 0.15) is 5.69 Å². The number of hydrogen-bond acceptors (Lipinski definition) is 5. The minimum absolute atomic E-state index is 0.239. The second-order valence-electron chi connectivity index (χ2n) is 5.21. The molecule has 0 bridgehead atoms. The van der Waals surface area contributed by atoms with Crippen LogP contribution in [0.4, 0.5) is 4.79 Å². The number of benzene rings is 1. The number of aromatic nitrogens is 2. The second kappa shape index (κ2) is 6.57. The van der Waals surface area contributed by atoms with Crippen LogP contribution in [0, 0.1) is 0 Å². The Morgan fingerprint density at radius 3 is 2.71 bits per heavy atom. The summed E-state index contributed by atoms with van der Waals surface area (Å²) in [5, 5.41) is 4.51. The Morgan fingerprint density at radius 1 is 1.17 bits per heavy atom. The second-order valence-corrected chi connectivity index (χ2v) is 5.21. The van der Waals surface area contributed by atoms with Crippen molar-refractivity contribution in [3.8, 4) is 0 Å². The van der Waals surface area contributed by atoms with E-state index in [1.807, 2.05) is 24.3 Å². The number of fused-ring (bicyclic) bond motifs is 3. The van der Waals surface area contributed by atoms with Gasteiger partial charge in [-0.05, 0) is 12.1 Å². The maximum Gasteiger partial charge on any atom is 0.406 e. The highest BCUT2D eigenvalue weighted by Gasteiger charge is 2.16. The van der Waals surface area contributed by atoms with E-state index in [4.69, 9.17) is 4.74 Å². The van der Waals surface area contributed by atoms with Crippen LogP contribution in [0.5, 0.6) is 0 Å². The van der Waals surface area contributed by atoms with Crippen molar-refractivity contribution in [1.29, 1.82) is 0 Å². The van der Waals surface area contributed by atoms with Gasteiger partial charge in [0, 0.05) is 29.3 Å². The first kappa shape index (κ1) is 15.8. The maximum absolute atomic E-state index is 11.9. The zero-order valence-electron chi connectivity index (χ0n) is 13.4. The third-order valence-electron chi connectivity index (χ3n) is 3.78. The molecule has 7 heteroatoms. The van der Waals surface area contributed by atoms with Crippen LogP contribution in [0.25, 0.3) is 21.8 Å². The molecule has 0 aliphatic heterocycles. The number of nitrogens with zero attached hydrogens (tertiary/aromatic N) is 1. The number of carbonyl (C=O) groups excluding carboxylic acids is 2. The molecule has 0 spiro atoms. The molecular weight excluding hydrogens is 310 g/mol. The molecular formula is C17H17N3O4. The largest absolute Gasteiger partial charge is 0.464 e. The standard InChI is InChI=1S/C17H17N3O4/c1-23-16(21)14-9-11-10-5-3-4-6-12(10)20-15(11)13(19-14)7-8-18-17(22)24-2/h3-6,9,20H,7-8H2,1-2H3,(H,18,22). The minimum atomic E-state index is -0.507. The Bertz CT molecular complexity index is 917. The number of aromatic amines is 1. The van der Waals surface area contributed by atoms with Crippen molar-refractivity contribution in [2.45, 2.75) is 6.42 Å². The summed E-state index contributed by atoms with van der Waals surface area (Å²) in [6, 6.07) is 9.53. The van der Waals surface area contributed by atoms with Gasteiger partial charge in [-0.2, -0.15) is 0 Å². The molecule has 0 saturated carbocycles. The molecule has 24 heavy (non-hydrogen) atoms. The number of alkyl carbamates (subject to hydrolysis) is 1. The van der Waals surface area contributed by atoms with E-state index in [1.165, 1.54) is 14.2 Å². The van der Waals surface area contributed by atoms with Gasteiger partial charge in [0.25, 0.3) is 0 Å². The number of para-hydroxylation sites is 1. The summed E-state index contributed by atoms with van der Waals surface area (Å²) >= 11 is 0. The van der Waals surface area contributed by atoms with Crippen LogP contribution >= 0.6 is 0 Å². The summed E-state index contributed by atoms with van der Waals surface area (Å²) in [4.78, 5) is 30.8. The highest BCUT2D eigenvalue weighted by molar-refractivity contribution is 6.09. The molecule has 0 aliphatic carbocycles. The normalized spacial score (nSPS) is 10.8. The molecule has 0 atom stereocenters. The van der Waals surface area contributed by atoms with Gasteiger partial charge >= 0.3 is 12.1 Å². The fraction of sp³-hybridized carbons (Fsp3) is 0.235. The van der Waals surface area contributed by atoms with Gasteiger partial charge in [0.2, 0.25) is 0 Å². The molecule has 124 valence electrons. The van der Waals surface area contributed by atoms with Crippen LogP contribution in [0.3, 0.4) is 0 Å². The van der Waals surface area contributed by atoms with Gasteiger partial charge < -0.3 is 19.8 Å². The van der Waals surface area contributed by atoms with Gasteiger partial charge in [-0.1, -0.05) is 18.2 Å². The van der Waals surface area contributed by atoms with E-state index in [2.05, 4.69) is 20.0 Å². The highest BCUT2D eigenvalue weighted by Crippen LogP contribution is 2.28. The van der Waals surface area contributed by atoms with Crippen LogP contribution in [0.1, 0.15) is 16.2 Å². The summed E-state index contributed by atoms with van der Waals surface area (Å²) in [7, 11) is 2.63. The summed E-state index contributed by atoms with van der Waals surface area (Å²) in [5.74, 6) is -0.496. The van der Waals surface area contributed by atoms with E-state index in [9.17, 15) is 9.59 Å². The topological polar surface area (TPSA) is 93.3 Å². The van der Waals surface area contributed by atoms with Crippen molar-refractivity contribution in [3.63, 3.8) is 0 Å². The predicted octanol–water partition coefficient (Wildman–Crippen LogP) is 2.40. The van der Waals surface area contributed by atoms with E-state index >= 15 is 0 Å². The number of rotatable bonds is 4. The average molecular weight is 327 g/mol. The van der Waals surface area contributed by atoms with Crippen LogP contribution in [-0.2, 0) is 15.9 Å². The lowest BCUT2D eigenvalue weighted by molar-refractivity contribution is 0.0594. The number of H-pyrrole nitrogens is 1. The summed E-state index contributed by atoms with van der Waals surface area (Å²) in [6.45, 7) is 0.342. The lowest BCUT2D eigenvalue weighted by Crippen LogP contribution is -2.25. The number of methoxy groups -OCH3 is 2. The fourth-order valence-electron chi connectivity index (χ4n) is 2.66. The molecule has 2 aromatic heterocycles. The first-order chi connectivity index (χ1) is 11.6. The molecule has 0 radical (unpaired) electrons. The van der Waals surface area contributed by atoms with Crippen molar-refractivity contribution in [3.05, 3.63) is 41.7 Å². The number of hydrogen-bond donors (Lipinski definition) is 2. The van der Waals surface area contributed by atoms with Gasteiger partial charge in [0.05, 0.1) is 25.4 Å². The fourth-order valence-corrected chi connectivity index (χ4v) is 2.66. The number of esters is 1. The van der Waals surface area contributed by atoms with E-state index in [0.29, 0.717) is 18.7 Å². The molecule has 0 aliphatic rings. The van der Waals surface area contributed by atoms with Crippen molar-refractivity contribution in [2.24, 2.45) is 0 Å². The Balaban J connectivity index is 2.07. The zero-order valence-corrected chi connectivity index (χ0v) is 13.4. The Labute approximate surface area is 138 Å². The summed E-state index contributed by atoms with van der Waals surface area (Å²) in [5.41, 5.74) is 2.72. The Hall–Kier alpha value is -3.09. The first-order valence-corrected chi connectivity index (χ1v) is 7.44. The SMILES string of the molecule is COC(=O)NCCc1nc(C(=O)OC)cc2c1[nH]c1ccccc12. The molecule has 1 amide bonds. The molecule has 7 nitrogen and oxygen atoms in total. The number of nitrogens with one attached hydrogen (secondary N) is 2. The van der Waals surface area contributed by atoms with Crippen molar-refractivity contribution in [1.82, 2.24) is 15.3 Å². The lowest BCUT2D eigenvalue weighted by atomic mass is 10.1. The maximum atomic E-state index is 11.9. The molecule has 3 aromatic rings. The van der Waals surface area contributed by atoms with E-state index in [-0.39, 0.29) is 5.69 Å². The van der Waals surface area contributed by atoms with Gasteiger partial charge in [-0.3, -0.25) is 0 Å². The summed E-state index contributed by atoms with van der Waals surface area (Å²) in [6.07, 6.45) is -0.0597. The van der Waals surface area contributed by atoms with Crippen LogP contribution < -0.4 is 5.32 Å². The summed E-state index contributed by atoms with van der Waals surface area (Å²) < 4.78 is 9.34. The smallest absolute Gasteiger partial charge is 0.406 e. The van der Waals surface area contributed by atoms with E-state index < -0.39 is 12.1 Å². The van der Waals surface area contributed by atoms with Crippen LogP contribution in [-0.4, -0.2) is 42.8 Å². The van der Waals surface area contributed by atoms with Crippen LogP contribution in [0.15, 0.2) is 30.3 Å². The third kappa shape index (κ3) is 2.88. The number of pyridine rings is 1. The van der Waals surface area contributed by atoms with Gasteiger partial charge in [0.15, 0.2) is 0 Å². The number of ether oxygens (including phenoxy) is 2. The monoisotopic (exact) mass is 327 g/mol. The Kier molecular flexibility index (Phi) is 4.33. The van der Waals surface area contributed by atoms with Gasteiger partial charge in [-0.15, -0.1) is 0 Å². The molecule has 3 rings (SSSR count). The van der Waals surface area contributed by atoms with E-state index in [1.54, 1.807) is 6.07 Å². The van der Waals surface area contributed by atoms with Crippen molar-refractivity contribution in [2.75, 3.05) is 20.8 Å². The lowest BCUT2D eigenvalue weighted by Gasteiger charge is -2.07. The van der Waals surface area contributed by atoms with E-state index in [0.717, 1.165) is 21.8 Å². The average Bonchev–Trinajstić information content (AvgIpc) is 2.99. The van der Waals surface area contributed by atoms with Crippen molar-refractivity contribution < 1.29 is 19.1 Å². The van der Waals surface area contributed by atoms with Crippen LogP contribution in [0.2, 0.25) is 0 Å². The first-order valence-electron chi connectivity index (χ1n) is 7.44. The number of carbonyl (C=O) groups is 2. The zero-order chi connectivity index (χ0) is 17.1. The molecule has 0 fully saturated rings. The van der Waals surface area contributed by atoms with Crippen molar-refractivity contribution >= 4 is 33.9 Å². The highest BCUT2D eigenvalue weighted by atomic mass is 16.5. The quantitative estimate of drug-likeness (QED) is 0.718. The molecule has 2 N–H and O–H groups in total. The van der Waals surface area contributed by atoms with Gasteiger partial charge in [-0.25, -0.2) is 14.6 Å². The molecule has 1 aromatic carbocycles. The predicted molar refractivity (Wildman–Crippen MR) is 89.1 cm³/mol. The molecule has 2 heterocycles. The number of amides is 1. The third-order valence-corrected chi connectivity index (χ3v) is 3.78. The minimum Gasteiger partial charge on any atom is -0.464 e. The molecule has 0 unspecified atom stereocenters. The molecule has 0 saturated heterocycles. The Morgan fingerprint density at radius 2 is 1.96 bits per heavy atom.